The Bertz CT molecular complexity index is 375. The molecule has 1 saturated heterocycles. The Morgan fingerprint density at radius 1 is 1.56 bits per heavy atom. The van der Waals surface area contributed by atoms with Gasteiger partial charge in [0.15, 0.2) is 0 Å². The van der Waals surface area contributed by atoms with E-state index in [4.69, 9.17) is 0 Å². The summed E-state index contributed by atoms with van der Waals surface area (Å²) in [6.45, 7) is 12.4. The van der Waals surface area contributed by atoms with Crippen LogP contribution in [0, 0.1) is 12.8 Å². The highest BCUT2D eigenvalue weighted by Crippen LogP contribution is 2.20. The van der Waals surface area contributed by atoms with Crippen LogP contribution in [0.1, 0.15) is 37.8 Å². The van der Waals surface area contributed by atoms with Gasteiger partial charge in [0.2, 0.25) is 0 Å². The lowest BCUT2D eigenvalue weighted by atomic mass is 10.00. The first-order valence-corrected chi connectivity index (χ1v) is 7.80. The summed E-state index contributed by atoms with van der Waals surface area (Å²) >= 11 is 1.79. The van der Waals surface area contributed by atoms with Gasteiger partial charge in [-0.15, -0.1) is 11.3 Å². The van der Waals surface area contributed by atoms with Crippen LogP contribution in [-0.2, 0) is 6.54 Å². The molecule has 0 saturated carbocycles. The Kier molecular flexibility index (Phi) is 4.76. The Morgan fingerprint density at radius 2 is 2.33 bits per heavy atom. The van der Waals surface area contributed by atoms with E-state index in [1.165, 1.54) is 17.0 Å². The summed E-state index contributed by atoms with van der Waals surface area (Å²) in [5.74, 6) is 0.767. The fourth-order valence-corrected chi connectivity index (χ4v) is 3.41. The van der Waals surface area contributed by atoms with Crippen molar-refractivity contribution < 1.29 is 0 Å². The van der Waals surface area contributed by atoms with Crippen molar-refractivity contribution in [1.82, 2.24) is 15.2 Å². The number of nitrogens with one attached hydrogen (secondary N) is 1. The molecule has 2 unspecified atom stereocenters. The topological polar surface area (TPSA) is 28.2 Å². The van der Waals surface area contributed by atoms with Gasteiger partial charge in [-0.1, -0.05) is 13.8 Å². The standard InChI is InChI=1S/C14H25N3S/c1-10(2)5-13-7-17(11(3)6-15-13)8-14-12(4)16-9-18-14/h9-11,13,15H,5-8H2,1-4H3. The zero-order valence-corrected chi connectivity index (χ0v) is 12.8. The third-order valence-corrected chi connectivity index (χ3v) is 4.65. The Balaban J connectivity index is 1.95. The van der Waals surface area contributed by atoms with E-state index < -0.39 is 0 Å². The third kappa shape index (κ3) is 3.53. The minimum atomic E-state index is 0.620. The van der Waals surface area contributed by atoms with E-state index in [2.05, 4.69) is 42.9 Å². The van der Waals surface area contributed by atoms with Crippen molar-refractivity contribution in [3.8, 4) is 0 Å². The van der Waals surface area contributed by atoms with Gasteiger partial charge in [0.05, 0.1) is 11.2 Å². The molecule has 18 heavy (non-hydrogen) atoms. The lowest BCUT2D eigenvalue weighted by Gasteiger charge is -2.39. The average molecular weight is 267 g/mol. The molecule has 3 nitrogen and oxygen atoms in total. The highest BCUT2D eigenvalue weighted by molar-refractivity contribution is 7.09. The molecule has 2 heterocycles. The maximum absolute atomic E-state index is 4.35. The molecule has 1 aromatic rings. The van der Waals surface area contributed by atoms with Crippen LogP contribution >= 0.6 is 11.3 Å². The molecule has 4 heteroatoms. The van der Waals surface area contributed by atoms with Crippen LogP contribution in [-0.4, -0.2) is 35.1 Å². The molecule has 2 atom stereocenters. The second-order valence-corrected chi connectivity index (χ2v) is 6.81. The molecule has 2 rings (SSSR count). The SMILES string of the molecule is Cc1ncsc1CN1CC(CC(C)C)NCC1C. The second kappa shape index (κ2) is 6.13. The number of aromatic nitrogens is 1. The molecule has 0 amide bonds. The number of hydrogen-bond acceptors (Lipinski definition) is 4. The van der Waals surface area contributed by atoms with Crippen LogP contribution in [0.5, 0.6) is 0 Å². The molecule has 0 spiro atoms. The lowest BCUT2D eigenvalue weighted by molar-refractivity contribution is 0.125. The molecule has 0 aliphatic carbocycles. The minimum Gasteiger partial charge on any atom is -0.311 e. The molecule has 0 aromatic carbocycles. The van der Waals surface area contributed by atoms with Gasteiger partial charge in [-0.2, -0.15) is 0 Å². The van der Waals surface area contributed by atoms with Gasteiger partial charge >= 0.3 is 0 Å². The van der Waals surface area contributed by atoms with Crippen molar-refractivity contribution >= 4 is 11.3 Å². The van der Waals surface area contributed by atoms with Crippen molar-refractivity contribution in [2.75, 3.05) is 13.1 Å². The van der Waals surface area contributed by atoms with Gasteiger partial charge in [0.1, 0.15) is 0 Å². The van der Waals surface area contributed by atoms with Gasteiger partial charge in [0.25, 0.3) is 0 Å². The van der Waals surface area contributed by atoms with Crippen molar-refractivity contribution in [2.24, 2.45) is 5.92 Å². The summed E-state index contributed by atoms with van der Waals surface area (Å²) in [7, 11) is 0. The predicted molar refractivity (Wildman–Crippen MR) is 78.0 cm³/mol. The van der Waals surface area contributed by atoms with Gasteiger partial charge in [-0.25, -0.2) is 4.98 Å². The van der Waals surface area contributed by atoms with Crippen LogP contribution in [0.3, 0.4) is 0 Å². The first kappa shape index (κ1) is 14.0. The van der Waals surface area contributed by atoms with Crippen LogP contribution in [0.25, 0.3) is 0 Å². The van der Waals surface area contributed by atoms with Crippen LogP contribution in [0.4, 0.5) is 0 Å². The summed E-state index contributed by atoms with van der Waals surface area (Å²) in [6, 6.07) is 1.27. The number of thiazole rings is 1. The van der Waals surface area contributed by atoms with E-state index in [1.807, 2.05) is 5.51 Å². The molecule has 1 fully saturated rings. The zero-order chi connectivity index (χ0) is 13.1. The summed E-state index contributed by atoms with van der Waals surface area (Å²) < 4.78 is 0. The first-order chi connectivity index (χ1) is 8.56. The van der Waals surface area contributed by atoms with Crippen molar-refractivity contribution in [1.29, 1.82) is 0 Å². The van der Waals surface area contributed by atoms with Crippen molar-refractivity contribution in [3.05, 3.63) is 16.1 Å². The van der Waals surface area contributed by atoms with E-state index in [0.717, 1.165) is 25.6 Å². The lowest BCUT2D eigenvalue weighted by Crippen LogP contribution is -2.55. The Hall–Kier alpha value is -0.450. The summed E-state index contributed by atoms with van der Waals surface area (Å²) in [5.41, 5.74) is 3.16. The van der Waals surface area contributed by atoms with E-state index in [0.29, 0.717) is 12.1 Å². The maximum atomic E-state index is 4.35. The van der Waals surface area contributed by atoms with Crippen molar-refractivity contribution in [3.63, 3.8) is 0 Å². The second-order valence-electron chi connectivity index (χ2n) is 5.87. The molecule has 1 N–H and O–H groups in total. The highest BCUT2D eigenvalue weighted by Gasteiger charge is 2.25. The molecule has 1 aliphatic heterocycles. The van der Waals surface area contributed by atoms with Crippen LogP contribution < -0.4 is 5.32 Å². The maximum Gasteiger partial charge on any atom is 0.0798 e. The molecular formula is C14H25N3S. The monoisotopic (exact) mass is 267 g/mol. The number of hydrogen-bond donors (Lipinski definition) is 1. The summed E-state index contributed by atoms with van der Waals surface area (Å²) in [4.78, 5) is 8.38. The summed E-state index contributed by atoms with van der Waals surface area (Å²) in [6.07, 6.45) is 1.27. The molecule has 1 aromatic heterocycles. The van der Waals surface area contributed by atoms with Gasteiger partial charge < -0.3 is 5.32 Å². The first-order valence-electron chi connectivity index (χ1n) is 6.92. The van der Waals surface area contributed by atoms with E-state index in [9.17, 15) is 0 Å². The number of piperazine rings is 1. The minimum absolute atomic E-state index is 0.620. The van der Waals surface area contributed by atoms with E-state index >= 15 is 0 Å². The predicted octanol–water partition coefficient (Wildman–Crippen LogP) is 2.66. The van der Waals surface area contributed by atoms with Gasteiger partial charge in [-0.3, -0.25) is 4.90 Å². The largest absolute Gasteiger partial charge is 0.311 e. The average Bonchev–Trinajstić information content (AvgIpc) is 2.69. The van der Waals surface area contributed by atoms with Crippen molar-refractivity contribution in [2.45, 2.75) is 52.7 Å². The smallest absolute Gasteiger partial charge is 0.0798 e. The molecule has 1 aliphatic rings. The number of rotatable bonds is 4. The Morgan fingerprint density at radius 3 is 2.94 bits per heavy atom. The quantitative estimate of drug-likeness (QED) is 0.909. The van der Waals surface area contributed by atoms with Crippen LogP contribution in [0.15, 0.2) is 5.51 Å². The third-order valence-electron chi connectivity index (χ3n) is 3.73. The highest BCUT2D eigenvalue weighted by atomic mass is 32.1. The fraction of sp³-hybridized carbons (Fsp3) is 0.786. The zero-order valence-electron chi connectivity index (χ0n) is 11.9. The molecule has 0 radical (unpaired) electrons. The van der Waals surface area contributed by atoms with E-state index in [1.54, 1.807) is 11.3 Å². The van der Waals surface area contributed by atoms with Gasteiger partial charge in [-0.05, 0) is 26.2 Å². The van der Waals surface area contributed by atoms with Crippen LogP contribution in [0.2, 0.25) is 0 Å². The van der Waals surface area contributed by atoms with E-state index in [-0.39, 0.29) is 0 Å². The normalized spacial score (nSPS) is 25.8. The number of nitrogens with zero attached hydrogens (tertiary/aromatic N) is 2. The summed E-state index contributed by atoms with van der Waals surface area (Å²) in [5, 5.41) is 3.67. The molecular weight excluding hydrogens is 242 g/mol. The molecule has 0 bridgehead atoms. The molecule has 102 valence electrons. The number of aryl methyl sites for hydroxylation is 1. The van der Waals surface area contributed by atoms with Gasteiger partial charge in [0, 0.05) is 36.6 Å². The fourth-order valence-electron chi connectivity index (χ4n) is 2.60. The Labute approximate surface area is 115 Å².